The van der Waals surface area contributed by atoms with Crippen molar-refractivity contribution in [2.75, 3.05) is 6.54 Å². The van der Waals surface area contributed by atoms with Gasteiger partial charge in [-0.25, -0.2) is 17.9 Å². The Balaban J connectivity index is 3.05. The zero-order valence-electron chi connectivity index (χ0n) is 9.37. The number of carbonyl (C=O) groups is 1. The van der Waals surface area contributed by atoms with E-state index < -0.39 is 28.6 Å². The van der Waals surface area contributed by atoms with Gasteiger partial charge in [0, 0.05) is 11.6 Å². The van der Waals surface area contributed by atoms with Crippen LogP contribution in [-0.2, 0) is 14.8 Å². The van der Waals surface area contributed by atoms with Gasteiger partial charge in [0.15, 0.2) is 6.10 Å². The number of hydrogen-bond acceptors (Lipinski definition) is 5. The molecule has 0 saturated heterocycles. The molecule has 19 heavy (non-hydrogen) atoms. The first-order valence-corrected chi connectivity index (χ1v) is 6.74. The predicted octanol–water partition coefficient (Wildman–Crippen LogP) is -0.0645. The smallest absolute Gasteiger partial charge is 0.333 e. The number of hydrogen-bond donors (Lipinski definition) is 3. The van der Waals surface area contributed by atoms with Crippen LogP contribution in [0.1, 0.15) is 5.56 Å². The number of nitriles is 1. The number of aliphatic hydroxyl groups is 1. The largest absolute Gasteiger partial charge is 0.479 e. The second-order valence-electron chi connectivity index (χ2n) is 3.46. The molecule has 0 heterocycles. The fourth-order valence-corrected chi connectivity index (χ4v) is 2.62. The van der Waals surface area contributed by atoms with Gasteiger partial charge in [0.1, 0.15) is 11.0 Å². The molecule has 0 aromatic heterocycles. The molecule has 3 N–H and O–H groups in total. The Morgan fingerprint density at radius 3 is 2.68 bits per heavy atom. The molecule has 7 nitrogen and oxygen atoms in total. The minimum Gasteiger partial charge on any atom is -0.479 e. The molecule has 0 aliphatic rings. The molecule has 1 rings (SSSR count). The Morgan fingerprint density at radius 1 is 1.53 bits per heavy atom. The van der Waals surface area contributed by atoms with Gasteiger partial charge in [0.2, 0.25) is 10.0 Å². The normalized spacial score (nSPS) is 12.7. The minimum atomic E-state index is -4.13. The molecule has 1 atom stereocenters. The van der Waals surface area contributed by atoms with E-state index in [2.05, 4.69) is 0 Å². The van der Waals surface area contributed by atoms with Gasteiger partial charge in [0.05, 0.1) is 5.56 Å². The standard InChI is InChI=1S/C10H9ClN2O5S/c11-7-2-1-6(4-12)9(3-7)19(17,18)13-5-8(14)10(15)16/h1-3,8,13-14H,5H2,(H,15,16)/t8-/m0/s1. The van der Waals surface area contributed by atoms with Crippen LogP contribution in [0.2, 0.25) is 5.02 Å². The highest BCUT2D eigenvalue weighted by atomic mass is 35.5. The van der Waals surface area contributed by atoms with Crippen molar-refractivity contribution in [1.82, 2.24) is 4.72 Å². The zero-order valence-corrected chi connectivity index (χ0v) is 10.9. The Morgan fingerprint density at radius 2 is 2.16 bits per heavy atom. The van der Waals surface area contributed by atoms with Crippen LogP contribution in [0.25, 0.3) is 0 Å². The van der Waals surface area contributed by atoms with Crippen molar-refractivity contribution in [3.63, 3.8) is 0 Å². The summed E-state index contributed by atoms with van der Waals surface area (Å²) < 4.78 is 25.6. The molecule has 0 radical (unpaired) electrons. The third-order valence-electron chi connectivity index (χ3n) is 2.11. The van der Waals surface area contributed by atoms with Crippen LogP contribution in [0.5, 0.6) is 0 Å². The highest BCUT2D eigenvalue weighted by Gasteiger charge is 2.22. The first-order chi connectivity index (χ1) is 8.77. The molecule has 0 fully saturated rings. The highest BCUT2D eigenvalue weighted by molar-refractivity contribution is 7.89. The van der Waals surface area contributed by atoms with Crippen molar-refractivity contribution in [3.8, 4) is 6.07 Å². The molecule has 1 aromatic carbocycles. The summed E-state index contributed by atoms with van der Waals surface area (Å²) in [6.45, 7) is -0.713. The summed E-state index contributed by atoms with van der Waals surface area (Å²) in [5, 5.41) is 26.4. The van der Waals surface area contributed by atoms with Gasteiger partial charge in [-0.1, -0.05) is 11.6 Å². The first-order valence-electron chi connectivity index (χ1n) is 4.88. The number of halogens is 1. The van der Waals surface area contributed by atoms with Gasteiger partial charge in [0.25, 0.3) is 0 Å². The van der Waals surface area contributed by atoms with Crippen LogP contribution in [0.15, 0.2) is 23.1 Å². The second kappa shape index (κ2) is 5.99. The summed E-state index contributed by atoms with van der Waals surface area (Å²) in [4.78, 5) is 10.00. The summed E-state index contributed by atoms with van der Waals surface area (Å²) in [5.74, 6) is -1.56. The fraction of sp³-hybridized carbons (Fsp3) is 0.200. The topological polar surface area (TPSA) is 127 Å². The van der Waals surface area contributed by atoms with E-state index in [0.29, 0.717) is 0 Å². The Hall–Kier alpha value is -1.66. The predicted molar refractivity (Wildman–Crippen MR) is 65.0 cm³/mol. The zero-order chi connectivity index (χ0) is 14.6. The summed E-state index contributed by atoms with van der Waals surface area (Å²) in [7, 11) is -4.13. The molecule has 0 bridgehead atoms. The molecule has 0 spiro atoms. The summed E-state index contributed by atoms with van der Waals surface area (Å²) >= 11 is 5.65. The van der Waals surface area contributed by atoms with E-state index >= 15 is 0 Å². The van der Waals surface area contributed by atoms with E-state index in [1.807, 2.05) is 4.72 Å². The van der Waals surface area contributed by atoms with Gasteiger partial charge < -0.3 is 10.2 Å². The van der Waals surface area contributed by atoms with Crippen LogP contribution in [0.3, 0.4) is 0 Å². The number of benzene rings is 1. The highest BCUT2D eigenvalue weighted by Crippen LogP contribution is 2.20. The van der Waals surface area contributed by atoms with Crippen LogP contribution < -0.4 is 4.72 Å². The number of carboxylic acids is 1. The van der Waals surface area contributed by atoms with Gasteiger partial charge in [-0.05, 0) is 18.2 Å². The number of carboxylic acid groups (broad SMARTS) is 1. The molecular weight excluding hydrogens is 296 g/mol. The lowest BCUT2D eigenvalue weighted by Gasteiger charge is -2.10. The van der Waals surface area contributed by atoms with Crippen LogP contribution in [0, 0.1) is 11.3 Å². The lowest BCUT2D eigenvalue weighted by atomic mass is 10.2. The van der Waals surface area contributed by atoms with E-state index in [4.69, 9.17) is 27.1 Å². The SMILES string of the molecule is N#Cc1ccc(Cl)cc1S(=O)(=O)NC[C@H](O)C(=O)O. The monoisotopic (exact) mass is 304 g/mol. The van der Waals surface area contributed by atoms with Crippen molar-refractivity contribution in [3.05, 3.63) is 28.8 Å². The van der Waals surface area contributed by atoms with E-state index in [1.165, 1.54) is 12.1 Å². The maximum atomic E-state index is 11.9. The van der Waals surface area contributed by atoms with Crippen molar-refractivity contribution in [2.45, 2.75) is 11.0 Å². The van der Waals surface area contributed by atoms with Crippen LogP contribution in [0.4, 0.5) is 0 Å². The molecular formula is C10H9ClN2O5S. The van der Waals surface area contributed by atoms with E-state index in [0.717, 1.165) is 6.07 Å². The number of aliphatic hydroxyl groups excluding tert-OH is 1. The molecule has 0 aliphatic heterocycles. The van der Waals surface area contributed by atoms with E-state index in [-0.39, 0.29) is 15.5 Å². The van der Waals surface area contributed by atoms with Crippen molar-refractivity contribution >= 4 is 27.6 Å². The summed E-state index contributed by atoms with van der Waals surface area (Å²) in [6.07, 6.45) is -1.88. The maximum Gasteiger partial charge on any atom is 0.333 e. The van der Waals surface area contributed by atoms with Crippen LogP contribution >= 0.6 is 11.6 Å². The van der Waals surface area contributed by atoms with Gasteiger partial charge in [-0.2, -0.15) is 5.26 Å². The van der Waals surface area contributed by atoms with Crippen molar-refractivity contribution in [2.24, 2.45) is 0 Å². The summed E-state index contributed by atoms with van der Waals surface area (Å²) in [6, 6.07) is 5.33. The Labute approximate surface area is 114 Å². The number of nitrogens with zero attached hydrogens (tertiary/aromatic N) is 1. The lowest BCUT2D eigenvalue weighted by molar-refractivity contribution is -0.146. The fourth-order valence-electron chi connectivity index (χ4n) is 1.16. The van der Waals surface area contributed by atoms with Gasteiger partial charge >= 0.3 is 5.97 Å². The van der Waals surface area contributed by atoms with E-state index in [1.54, 1.807) is 6.07 Å². The molecule has 0 amide bonds. The Bertz CT molecular complexity index is 638. The third kappa shape index (κ3) is 3.90. The quantitative estimate of drug-likeness (QED) is 0.699. The number of sulfonamides is 1. The van der Waals surface area contributed by atoms with Crippen molar-refractivity contribution in [1.29, 1.82) is 5.26 Å². The van der Waals surface area contributed by atoms with Gasteiger partial charge in [-0.3, -0.25) is 0 Å². The first kappa shape index (κ1) is 15.4. The molecule has 0 saturated carbocycles. The average molecular weight is 305 g/mol. The molecule has 102 valence electrons. The average Bonchev–Trinajstić information content (AvgIpc) is 2.35. The Kier molecular flexibility index (Phi) is 4.85. The number of nitrogens with one attached hydrogen (secondary N) is 1. The summed E-state index contributed by atoms with van der Waals surface area (Å²) in [5.41, 5.74) is -0.137. The molecule has 1 aromatic rings. The molecule has 0 unspecified atom stereocenters. The second-order valence-corrected chi connectivity index (χ2v) is 5.63. The lowest BCUT2D eigenvalue weighted by Crippen LogP contribution is -2.36. The number of rotatable bonds is 5. The molecule has 9 heteroatoms. The van der Waals surface area contributed by atoms with E-state index in [9.17, 15) is 13.2 Å². The maximum absolute atomic E-state index is 11.9. The molecule has 0 aliphatic carbocycles. The van der Waals surface area contributed by atoms with Crippen LogP contribution in [-0.4, -0.2) is 37.2 Å². The van der Waals surface area contributed by atoms with Gasteiger partial charge in [-0.15, -0.1) is 0 Å². The third-order valence-corrected chi connectivity index (χ3v) is 3.80. The minimum absolute atomic E-state index is 0.109. The van der Waals surface area contributed by atoms with Crippen molar-refractivity contribution < 1.29 is 23.4 Å². The number of aliphatic carboxylic acids is 1.